The van der Waals surface area contributed by atoms with E-state index < -0.39 is 5.97 Å². The molecule has 3 aromatic rings. The zero-order valence-corrected chi connectivity index (χ0v) is 14.0. The fourth-order valence-corrected chi connectivity index (χ4v) is 2.75. The van der Waals surface area contributed by atoms with Crippen molar-refractivity contribution < 1.29 is 14.3 Å². The van der Waals surface area contributed by atoms with Crippen molar-refractivity contribution in [1.29, 1.82) is 0 Å². The number of hydrogen-bond donors (Lipinski definition) is 2. The van der Waals surface area contributed by atoms with Gasteiger partial charge in [0, 0.05) is 5.69 Å². The second-order valence-corrected chi connectivity index (χ2v) is 5.94. The van der Waals surface area contributed by atoms with Gasteiger partial charge in [-0.25, -0.2) is 9.18 Å². The number of carboxylic acid groups (broad SMARTS) is 1. The minimum atomic E-state index is -1.02. The molecule has 0 spiro atoms. The first-order valence-corrected chi connectivity index (χ1v) is 7.92. The highest BCUT2D eigenvalue weighted by atomic mass is 19.1. The second kappa shape index (κ2) is 6.77. The first-order chi connectivity index (χ1) is 12.0. The summed E-state index contributed by atoms with van der Waals surface area (Å²) in [7, 11) is 0. The summed E-state index contributed by atoms with van der Waals surface area (Å²) in [5.74, 6) is -1.36. The first kappa shape index (κ1) is 16.7. The predicted octanol–water partition coefficient (Wildman–Crippen LogP) is 5.55. The molecular weight excluding hydrogens is 317 g/mol. The number of nitrogens with one attached hydrogen (secondary N) is 1. The van der Waals surface area contributed by atoms with Gasteiger partial charge in [-0.05, 0) is 72.5 Å². The highest BCUT2D eigenvalue weighted by Crippen LogP contribution is 2.31. The molecule has 0 fully saturated rings. The number of hydrogen-bond acceptors (Lipinski definition) is 2. The summed E-state index contributed by atoms with van der Waals surface area (Å²) in [5.41, 5.74) is 5.57. The Morgan fingerprint density at radius 1 is 1.00 bits per heavy atom. The summed E-state index contributed by atoms with van der Waals surface area (Å²) in [6.45, 7) is 4.09. The minimum Gasteiger partial charge on any atom is -0.478 e. The van der Waals surface area contributed by atoms with E-state index in [2.05, 4.69) is 5.32 Å². The van der Waals surface area contributed by atoms with E-state index in [4.69, 9.17) is 0 Å². The molecule has 2 N–H and O–H groups in total. The number of aromatic carboxylic acids is 1. The number of carbonyl (C=O) groups is 1. The summed E-state index contributed by atoms with van der Waals surface area (Å²) in [6, 6.07) is 17.1. The molecule has 0 bridgehead atoms. The molecule has 0 heterocycles. The van der Waals surface area contributed by atoms with Crippen LogP contribution in [0.25, 0.3) is 11.1 Å². The average molecular weight is 335 g/mol. The molecule has 126 valence electrons. The van der Waals surface area contributed by atoms with Crippen LogP contribution >= 0.6 is 0 Å². The van der Waals surface area contributed by atoms with Gasteiger partial charge in [0.05, 0.1) is 11.3 Å². The highest BCUT2D eigenvalue weighted by molar-refractivity contribution is 5.96. The highest BCUT2D eigenvalue weighted by Gasteiger charge is 2.13. The van der Waals surface area contributed by atoms with Crippen LogP contribution in [0.1, 0.15) is 21.5 Å². The van der Waals surface area contributed by atoms with E-state index in [1.54, 1.807) is 24.3 Å². The maximum absolute atomic E-state index is 13.1. The fourth-order valence-electron chi connectivity index (χ4n) is 2.75. The molecule has 3 rings (SSSR count). The molecule has 3 nitrogen and oxygen atoms in total. The van der Waals surface area contributed by atoms with E-state index in [0.717, 1.165) is 16.7 Å². The Bertz CT molecular complexity index is 933. The van der Waals surface area contributed by atoms with Gasteiger partial charge < -0.3 is 10.4 Å². The second-order valence-electron chi connectivity index (χ2n) is 5.94. The molecule has 0 aromatic heterocycles. The van der Waals surface area contributed by atoms with Crippen molar-refractivity contribution in [2.24, 2.45) is 0 Å². The number of aryl methyl sites for hydroxylation is 1. The summed E-state index contributed by atoms with van der Waals surface area (Å²) >= 11 is 0. The van der Waals surface area contributed by atoms with Crippen LogP contribution in [0.15, 0.2) is 60.7 Å². The van der Waals surface area contributed by atoms with Gasteiger partial charge >= 0.3 is 5.97 Å². The molecule has 4 heteroatoms. The summed E-state index contributed by atoms with van der Waals surface area (Å²) in [6.07, 6.45) is 0. The Morgan fingerprint density at radius 3 is 2.40 bits per heavy atom. The maximum Gasteiger partial charge on any atom is 0.337 e. The third-order valence-electron chi connectivity index (χ3n) is 4.29. The Balaban J connectivity index is 2.07. The van der Waals surface area contributed by atoms with Crippen molar-refractivity contribution in [2.75, 3.05) is 5.32 Å². The zero-order valence-electron chi connectivity index (χ0n) is 14.0. The van der Waals surface area contributed by atoms with Crippen molar-refractivity contribution >= 4 is 17.3 Å². The number of carboxylic acids is 1. The van der Waals surface area contributed by atoms with Gasteiger partial charge in [-0.1, -0.05) is 24.3 Å². The van der Waals surface area contributed by atoms with Crippen LogP contribution in [0, 0.1) is 19.7 Å². The lowest BCUT2D eigenvalue weighted by atomic mass is 9.95. The Labute approximate surface area is 145 Å². The van der Waals surface area contributed by atoms with Crippen molar-refractivity contribution in [1.82, 2.24) is 0 Å². The molecule has 0 aliphatic rings. The zero-order chi connectivity index (χ0) is 18.0. The standard InChI is InChI=1S/C21H18FNO2/c1-13-4-3-5-18(14(13)2)15-6-11-19(21(24)25)20(12-15)23-17-9-7-16(22)8-10-17/h3-12,23H,1-2H3,(H,24,25). The predicted molar refractivity (Wildman–Crippen MR) is 98.0 cm³/mol. The van der Waals surface area contributed by atoms with Crippen molar-refractivity contribution in [3.8, 4) is 11.1 Å². The monoisotopic (exact) mass is 335 g/mol. The molecule has 0 aliphatic carbocycles. The minimum absolute atomic E-state index is 0.165. The molecule has 3 aromatic carbocycles. The first-order valence-electron chi connectivity index (χ1n) is 7.92. The van der Waals surface area contributed by atoms with E-state index in [-0.39, 0.29) is 11.4 Å². The topological polar surface area (TPSA) is 49.3 Å². The molecule has 0 saturated heterocycles. The van der Waals surface area contributed by atoms with Crippen molar-refractivity contribution in [2.45, 2.75) is 13.8 Å². The number of rotatable bonds is 4. The van der Waals surface area contributed by atoms with Crippen LogP contribution in [0.5, 0.6) is 0 Å². The molecule has 0 saturated carbocycles. The Morgan fingerprint density at radius 2 is 1.72 bits per heavy atom. The molecular formula is C21H18FNO2. The largest absolute Gasteiger partial charge is 0.478 e. The van der Waals surface area contributed by atoms with E-state index in [1.807, 2.05) is 38.1 Å². The van der Waals surface area contributed by atoms with Crippen LogP contribution in [-0.4, -0.2) is 11.1 Å². The summed E-state index contributed by atoms with van der Waals surface area (Å²) < 4.78 is 13.1. The number of anilines is 2. The number of halogens is 1. The lowest BCUT2D eigenvalue weighted by Crippen LogP contribution is -2.03. The van der Waals surface area contributed by atoms with E-state index >= 15 is 0 Å². The molecule has 0 unspecified atom stereocenters. The van der Waals surface area contributed by atoms with Gasteiger partial charge in [0.25, 0.3) is 0 Å². The molecule has 0 radical (unpaired) electrons. The van der Waals surface area contributed by atoms with Crippen LogP contribution in [0.4, 0.5) is 15.8 Å². The van der Waals surface area contributed by atoms with Crippen molar-refractivity contribution in [3.63, 3.8) is 0 Å². The molecule has 0 atom stereocenters. The SMILES string of the molecule is Cc1cccc(-c2ccc(C(=O)O)c(Nc3ccc(F)cc3)c2)c1C. The molecule has 0 aliphatic heterocycles. The molecule has 25 heavy (non-hydrogen) atoms. The quantitative estimate of drug-likeness (QED) is 0.657. The fraction of sp³-hybridized carbons (Fsp3) is 0.0952. The number of benzene rings is 3. The smallest absolute Gasteiger partial charge is 0.337 e. The van der Waals surface area contributed by atoms with Crippen LogP contribution in [0.3, 0.4) is 0 Å². The van der Waals surface area contributed by atoms with Gasteiger partial charge in [0.15, 0.2) is 0 Å². The Hall–Kier alpha value is -3.14. The van der Waals surface area contributed by atoms with Crippen molar-refractivity contribution in [3.05, 3.63) is 83.2 Å². The lowest BCUT2D eigenvalue weighted by molar-refractivity contribution is 0.0698. The lowest BCUT2D eigenvalue weighted by Gasteiger charge is -2.14. The van der Waals surface area contributed by atoms with Crippen LogP contribution in [-0.2, 0) is 0 Å². The third-order valence-corrected chi connectivity index (χ3v) is 4.29. The summed E-state index contributed by atoms with van der Waals surface area (Å²) in [5, 5.41) is 12.5. The average Bonchev–Trinajstić information content (AvgIpc) is 2.59. The van der Waals surface area contributed by atoms with E-state index in [9.17, 15) is 14.3 Å². The van der Waals surface area contributed by atoms with Gasteiger partial charge in [-0.3, -0.25) is 0 Å². The van der Waals surface area contributed by atoms with Crippen LogP contribution < -0.4 is 5.32 Å². The van der Waals surface area contributed by atoms with Gasteiger partial charge in [-0.15, -0.1) is 0 Å². The summed E-state index contributed by atoms with van der Waals surface area (Å²) in [4.78, 5) is 11.5. The van der Waals surface area contributed by atoms with Gasteiger partial charge in [-0.2, -0.15) is 0 Å². The van der Waals surface area contributed by atoms with Gasteiger partial charge in [0.1, 0.15) is 5.82 Å². The van der Waals surface area contributed by atoms with E-state index in [0.29, 0.717) is 11.4 Å². The molecule has 0 amide bonds. The maximum atomic E-state index is 13.1. The van der Waals surface area contributed by atoms with Crippen LogP contribution in [0.2, 0.25) is 0 Å². The van der Waals surface area contributed by atoms with Gasteiger partial charge in [0.2, 0.25) is 0 Å². The Kier molecular flexibility index (Phi) is 4.52. The third kappa shape index (κ3) is 3.53. The van der Waals surface area contributed by atoms with E-state index in [1.165, 1.54) is 17.7 Å². The normalized spacial score (nSPS) is 10.5.